The molecular formula is C14H22O. The summed E-state index contributed by atoms with van der Waals surface area (Å²) in [5, 5.41) is 0. The highest BCUT2D eigenvalue weighted by atomic mass is 16.5. The van der Waals surface area contributed by atoms with Crippen LogP contribution in [0.3, 0.4) is 0 Å². The molecule has 0 radical (unpaired) electrons. The predicted octanol–water partition coefficient (Wildman–Crippen LogP) is 3.92. The highest BCUT2D eigenvalue weighted by Gasteiger charge is 2.27. The SMILES string of the molecule is CCOC1=CC[C@@H]([C@H]2CC[C@@H](C)C2)C=C1. The number of allylic oxidation sites excluding steroid dienone is 3. The quantitative estimate of drug-likeness (QED) is 0.680. The largest absolute Gasteiger partial charge is 0.494 e. The predicted molar refractivity (Wildman–Crippen MR) is 63.5 cm³/mol. The fraction of sp³-hybridized carbons (Fsp3) is 0.714. The highest BCUT2D eigenvalue weighted by molar-refractivity contribution is 5.19. The second kappa shape index (κ2) is 4.87. The lowest BCUT2D eigenvalue weighted by Gasteiger charge is -2.22. The summed E-state index contributed by atoms with van der Waals surface area (Å²) in [6.07, 6.45) is 12.3. The molecule has 2 aliphatic carbocycles. The van der Waals surface area contributed by atoms with E-state index in [-0.39, 0.29) is 0 Å². The molecule has 1 heteroatoms. The van der Waals surface area contributed by atoms with E-state index in [0.717, 1.165) is 30.1 Å². The van der Waals surface area contributed by atoms with Crippen LogP contribution in [0.2, 0.25) is 0 Å². The first-order valence-corrected chi connectivity index (χ1v) is 6.30. The molecule has 1 fully saturated rings. The molecule has 0 unspecified atom stereocenters. The first-order valence-electron chi connectivity index (χ1n) is 6.30. The van der Waals surface area contributed by atoms with Crippen LogP contribution in [0.4, 0.5) is 0 Å². The molecule has 1 saturated carbocycles. The molecule has 2 rings (SSSR count). The second-order valence-corrected chi connectivity index (χ2v) is 4.98. The standard InChI is InChI=1S/C14H22O/c1-3-15-14-8-6-12(7-9-14)13-5-4-11(2)10-13/h6,8-9,11-13H,3-5,7,10H2,1-2H3/t11-,12+,13+/m1/s1. The van der Waals surface area contributed by atoms with Gasteiger partial charge in [-0.1, -0.05) is 19.4 Å². The lowest BCUT2D eigenvalue weighted by atomic mass is 9.85. The van der Waals surface area contributed by atoms with Crippen molar-refractivity contribution in [3.63, 3.8) is 0 Å². The molecule has 0 aromatic carbocycles. The maximum atomic E-state index is 5.49. The maximum absolute atomic E-state index is 5.49. The van der Waals surface area contributed by atoms with Gasteiger partial charge >= 0.3 is 0 Å². The van der Waals surface area contributed by atoms with Gasteiger partial charge in [0.2, 0.25) is 0 Å². The summed E-state index contributed by atoms with van der Waals surface area (Å²) in [7, 11) is 0. The average Bonchev–Trinajstić information content (AvgIpc) is 2.67. The van der Waals surface area contributed by atoms with Crippen LogP contribution in [0.15, 0.2) is 24.0 Å². The molecule has 84 valence electrons. The smallest absolute Gasteiger partial charge is 0.115 e. The van der Waals surface area contributed by atoms with Crippen LogP contribution in [0, 0.1) is 17.8 Å². The second-order valence-electron chi connectivity index (χ2n) is 4.98. The third kappa shape index (κ3) is 2.64. The van der Waals surface area contributed by atoms with E-state index in [2.05, 4.69) is 25.2 Å². The van der Waals surface area contributed by atoms with Crippen molar-refractivity contribution in [3.05, 3.63) is 24.0 Å². The van der Waals surface area contributed by atoms with Crippen molar-refractivity contribution >= 4 is 0 Å². The van der Waals surface area contributed by atoms with Crippen molar-refractivity contribution in [2.75, 3.05) is 6.61 Å². The number of rotatable bonds is 3. The fourth-order valence-electron chi connectivity index (χ4n) is 2.88. The minimum atomic E-state index is 0.777. The van der Waals surface area contributed by atoms with Crippen molar-refractivity contribution in [1.29, 1.82) is 0 Å². The van der Waals surface area contributed by atoms with Gasteiger partial charge in [0.05, 0.1) is 6.61 Å². The van der Waals surface area contributed by atoms with Gasteiger partial charge in [0.1, 0.15) is 5.76 Å². The van der Waals surface area contributed by atoms with Crippen LogP contribution in [0.1, 0.15) is 39.5 Å². The van der Waals surface area contributed by atoms with Gasteiger partial charge in [0, 0.05) is 0 Å². The highest BCUT2D eigenvalue weighted by Crippen LogP contribution is 2.38. The van der Waals surface area contributed by atoms with Gasteiger partial charge in [-0.05, 0) is 56.1 Å². The zero-order valence-corrected chi connectivity index (χ0v) is 9.91. The van der Waals surface area contributed by atoms with Gasteiger partial charge in [-0.15, -0.1) is 0 Å². The Morgan fingerprint density at radius 2 is 2.27 bits per heavy atom. The summed E-state index contributed by atoms with van der Waals surface area (Å²) in [6.45, 7) is 5.20. The zero-order valence-electron chi connectivity index (χ0n) is 9.91. The van der Waals surface area contributed by atoms with Crippen LogP contribution in [-0.4, -0.2) is 6.61 Å². The van der Waals surface area contributed by atoms with Crippen LogP contribution in [-0.2, 0) is 4.74 Å². The Bertz CT molecular complexity index is 265. The Balaban J connectivity index is 1.86. The van der Waals surface area contributed by atoms with E-state index < -0.39 is 0 Å². The minimum Gasteiger partial charge on any atom is -0.494 e. The average molecular weight is 206 g/mol. The molecule has 15 heavy (non-hydrogen) atoms. The van der Waals surface area contributed by atoms with Crippen LogP contribution in [0.25, 0.3) is 0 Å². The number of hydrogen-bond donors (Lipinski definition) is 0. The molecule has 0 aliphatic heterocycles. The fourth-order valence-corrected chi connectivity index (χ4v) is 2.88. The van der Waals surface area contributed by atoms with Gasteiger partial charge in [-0.2, -0.15) is 0 Å². The van der Waals surface area contributed by atoms with E-state index >= 15 is 0 Å². The first kappa shape index (κ1) is 10.8. The summed E-state index contributed by atoms with van der Waals surface area (Å²) in [4.78, 5) is 0. The Labute approximate surface area is 93.2 Å². The minimum absolute atomic E-state index is 0.777. The molecule has 0 N–H and O–H groups in total. The Morgan fingerprint density at radius 3 is 2.80 bits per heavy atom. The number of ether oxygens (including phenoxy) is 1. The molecule has 0 saturated heterocycles. The van der Waals surface area contributed by atoms with Gasteiger partial charge in [-0.25, -0.2) is 0 Å². The monoisotopic (exact) mass is 206 g/mol. The van der Waals surface area contributed by atoms with Crippen molar-refractivity contribution in [1.82, 2.24) is 0 Å². The van der Waals surface area contributed by atoms with Gasteiger partial charge in [0.15, 0.2) is 0 Å². The Hall–Kier alpha value is -0.720. The number of hydrogen-bond acceptors (Lipinski definition) is 1. The molecule has 0 aromatic rings. The van der Waals surface area contributed by atoms with Crippen molar-refractivity contribution in [2.45, 2.75) is 39.5 Å². The first-order chi connectivity index (χ1) is 7.29. The molecular weight excluding hydrogens is 184 g/mol. The molecule has 2 aliphatic rings. The summed E-state index contributed by atoms with van der Waals surface area (Å²) in [6, 6.07) is 0. The van der Waals surface area contributed by atoms with Crippen molar-refractivity contribution in [3.8, 4) is 0 Å². The van der Waals surface area contributed by atoms with Crippen LogP contribution >= 0.6 is 0 Å². The molecule has 3 atom stereocenters. The van der Waals surface area contributed by atoms with E-state index in [1.54, 1.807) is 0 Å². The van der Waals surface area contributed by atoms with Crippen molar-refractivity contribution in [2.24, 2.45) is 17.8 Å². The van der Waals surface area contributed by atoms with E-state index in [4.69, 9.17) is 4.74 Å². The van der Waals surface area contributed by atoms with Crippen LogP contribution in [0.5, 0.6) is 0 Å². The van der Waals surface area contributed by atoms with E-state index in [9.17, 15) is 0 Å². The maximum Gasteiger partial charge on any atom is 0.115 e. The molecule has 0 bridgehead atoms. The molecule has 0 heterocycles. The van der Waals surface area contributed by atoms with Crippen LogP contribution < -0.4 is 0 Å². The van der Waals surface area contributed by atoms with E-state index in [0.29, 0.717) is 0 Å². The topological polar surface area (TPSA) is 9.23 Å². The van der Waals surface area contributed by atoms with E-state index in [1.807, 2.05) is 6.92 Å². The molecule has 1 nitrogen and oxygen atoms in total. The van der Waals surface area contributed by atoms with Gasteiger partial charge in [0.25, 0.3) is 0 Å². The molecule has 0 aromatic heterocycles. The van der Waals surface area contributed by atoms with Gasteiger partial charge in [-0.3, -0.25) is 0 Å². The van der Waals surface area contributed by atoms with E-state index in [1.165, 1.54) is 25.7 Å². The summed E-state index contributed by atoms with van der Waals surface area (Å²) in [5.74, 6) is 3.72. The molecule has 0 amide bonds. The Kier molecular flexibility index (Phi) is 3.50. The summed E-state index contributed by atoms with van der Waals surface area (Å²) < 4.78 is 5.49. The summed E-state index contributed by atoms with van der Waals surface area (Å²) in [5.41, 5.74) is 0. The third-order valence-corrected chi connectivity index (χ3v) is 3.75. The van der Waals surface area contributed by atoms with Crippen molar-refractivity contribution < 1.29 is 4.74 Å². The lowest BCUT2D eigenvalue weighted by molar-refractivity contribution is 0.236. The third-order valence-electron chi connectivity index (χ3n) is 3.75. The lowest BCUT2D eigenvalue weighted by Crippen LogP contribution is -2.11. The molecule has 0 spiro atoms. The normalized spacial score (nSPS) is 35.3. The summed E-state index contributed by atoms with van der Waals surface area (Å²) >= 11 is 0. The van der Waals surface area contributed by atoms with Gasteiger partial charge < -0.3 is 4.74 Å². The zero-order chi connectivity index (χ0) is 10.7. The Morgan fingerprint density at radius 1 is 1.40 bits per heavy atom.